The van der Waals surface area contributed by atoms with Crippen molar-refractivity contribution in [3.8, 4) is 5.75 Å². The largest absolute Gasteiger partial charge is 0.497 e. The van der Waals surface area contributed by atoms with Crippen LogP contribution in [0.2, 0.25) is 0 Å². The molecule has 1 aromatic heterocycles. The molecule has 7 N–H and O–H groups in total. The Kier molecular flexibility index (Phi) is 9.23. The van der Waals surface area contributed by atoms with Crippen LogP contribution in [0.4, 0.5) is 5.69 Å². The highest BCUT2D eigenvalue weighted by Crippen LogP contribution is 2.32. The van der Waals surface area contributed by atoms with Crippen molar-refractivity contribution in [3.05, 3.63) is 108 Å². The first-order valence-electron chi connectivity index (χ1n) is 15.4. The second kappa shape index (κ2) is 13.8. The second-order valence-electron chi connectivity index (χ2n) is 11.5. The number of anilines is 1. The molecule has 2 unspecified atom stereocenters. The number of aromatic nitrogens is 1. The van der Waals surface area contributed by atoms with Crippen molar-refractivity contribution in [1.82, 2.24) is 25.8 Å². The summed E-state index contributed by atoms with van der Waals surface area (Å²) in [6.45, 7) is 2.33. The highest BCUT2D eigenvalue weighted by molar-refractivity contribution is 6.03. The molecule has 45 heavy (non-hydrogen) atoms. The maximum Gasteiger partial charge on any atom is 0.239 e. The summed E-state index contributed by atoms with van der Waals surface area (Å²) in [5.41, 5.74) is 5.07. The first-order chi connectivity index (χ1) is 22.0. The zero-order valence-corrected chi connectivity index (χ0v) is 25.4. The second-order valence-corrected chi connectivity index (χ2v) is 11.5. The third kappa shape index (κ3) is 6.92. The molecule has 0 saturated carbocycles. The topological polar surface area (TPSA) is 141 Å². The fraction of sp³-hybridized carbons (Fsp3) is 0.286. The average Bonchev–Trinajstić information content (AvgIpc) is 3.50. The first-order valence-corrected chi connectivity index (χ1v) is 15.4. The molecule has 1 saturated heterocycles. The third-order valence-corrected chi connectivity index (χ3v) is 8.56. The number of aromatic amines is 1. The van der Waals surface area contributed by atoms with Gasteiger partial charge in [0.1, 0.15) is 17.4 Å². The smallest absolute Gasteiger partial charge is 0.239 e. The summed E-state index contributed by atoms with van der Waals surface area (Å²) >= 11 is 0. The summed E-state index contributed by atoms with van der Waals surface area (Å²) < 4.78 is 5.36. The van der Waals surface area contributed by atoms with Crippen LogP contribution in [0, 0.1) is 10.8 Å². The Labute approximate surface area is 263 Å². The first kappa shape index (κ1) is 30.1. The van der Waals surface area contributed by atoms with E-state index in [1.807, 2.05) is 79.1 Å². The number of piperazine rings is 1. The lowest BCUT2D eigenvalue weighted by Gasteiger charge is -2.34. The number of benzene rings is 3. The Hall–Kier alpha value is -4.93. The summed E-state index contributed by atoms with van der Waals surface area (Å²) in [5, 5.41) is 33.1. The Balaban J connectivity index is 1.32. The van der Waals surface area contributed by atoms with Crippen LogP contribution in [0.3, 0.4) is 0 Å². The Morgan fingerprint density at radius 3 is 2.64 bits per heavy atom. The lowest BCUT2D eigenvalue weighted by atomic mass is 9.91. The predicted octanol–water partition coefficient (Wildman–Crippen LogP) is 4.34. The number of amides is 1. The Bertz CT molecular complexity index is 1690. The van der Waals surface area contributed by atoms with Gasteiger partial charge in [0.25, 0.3) is 0 Å². The number of H-pyrrole nitrogens is 1. The van der Waals surface area contributed by atoms with Crippen molar-refractivity contribution in [1.29, 1.82) is 10.8 Å². The number of nitrogens with one attached hydrogen (secondary N) is 7. The van der Waals surface area contributed by atoms with Crippen LogP contribution in [-0.4, -0.2) is 66.3 Å². The van der Waals surface area contributed by atoms with Gasteiger partial charge in [-0.05, 0) is 47.2 Å². The Morgan fingerprint density at radius 2 is 1.84 bits per heavy atom. The van der Waals surface area contributed by atoms with E-state index in [0.717, 1.165) is 45.6 Å². The number of hydrogen-bond donors (Lipinski definition) is 7. The summed E-state index contributed by atoms with van der Waals surface area (Å²) in [7, 11) is 1.63. The minimum Gasteiger partial charge on any atom is -0.497 e. The van der Waals surface area contributed by atoms with E-state index in [2.05, 4.69) is 38.4 Å². The van der Waals surface area contributed by atoms with Gasteiger partial charge in [-0.25, -0.2) is 0 Å². The molecule has 0 spiro atoms. The van der Waals surface area contributed by atoms with E-state index < -0.39 is 12.1 Å². The summed E-state index contributed by atoms with van der Waals surface area (Å²) in [5.74, 6) is 1.02. The van der Waals surface area contributed by atoms with Crippen LogP contribution >= 0.6 is 0 Å². The van der Waals surface area contributed by atoms with Gasteiger partial charge in [0, 0.05) is 61.2 Å². The van der Waals surface area contributed by atoms with E-state index in [-0.39, 0.29) is 17.7 Å². The minimum atomic E-state index is -0.671. The van der Waals surface area contributed by atoms with Crippen LogP contribution in [-0.2, 0) is 17.8 Å². The zero-order valence-electron chi connectivity index (χ0n) is 25.4. The van der Waals surface area contributed by atoms with Gasteiger partial charge in [0.05, 0.1) is 25.7 Å². The van der Waals surface area contributed by atoms with Gasteiger partial charge < -0.3 is 35.9 Å². The van der Waals surface area contributed by atoms with Gasteiger partial charge in [-0.1, -0.05) is 54.6 Å². The highest BCUT2D eigenvalue weighted by atomic mass is 16.5. The van der Waals surface area contributed by atoms with Crippen LogP contribution in [0.1, 0.15) is 29.0 Å². The number of nitrogens with zero attached hydrogens (tertiary/aromatic N) is 1. The molecule has 3 aromatic carbocycles. The Morgan fingerprint density at radius 1 is 1.04 bits per heavy atom. The van der Waals surface area contributed by atoms with Crippen molar-refractivity contribution in [2.45, 2.75) is 37.4 Å². The van der Waals surface area contributed by atoms with E-state index in [9.17, 15) is 15.6 Å². The number of ether oxygens (including phenoxy) is 1. The maximum absolute atomic E-state index is 13.6. The molecule has 3 atom stereocenters. The molecular weight excluding hydrogens is 564 g/mol. The van der Waals surface area contributed by atoms with Crippen molar-refractivity contribution in [2.24, 2.45) is 0 Å². The molecular formula is C35H40N8O2. The minimum absolute atomic E-state index is 0.0275. The molecule has 3 heterocycles. The lowest BCUT2D eigenvalue weighted by molar-refractivity contribution is -0.123. The number of fused-ring (bicyclic) bond motifs is 2. The maximum atomic E-state index is 13.6. The number of hydrogen-bond acceptors (Lipinski definition) is 7. The van der Waals surface area contributed by atoms with E-state index in [0.29, 0.717) is 38.3 Å². The molecule has 6 rings (SSSR count). The quantitative estimate of drug-likeness (QED) is 0.106. The van der Waals surface area contributed by atoms with Gasteiger partial charge >= 0.3 is 0 Å². The fourth-order valence-corrected chi connectivity index (χ4v) is 6.08. The SMILES string of the molecule is COc1ccc(CN(C(=N)CC2C=CNc3ccccc32)C(=N)[C@@H](Cc2c[nH]c3ccccc23)NC(=O)C2CNCCN2)cc1. The van der Waals surface area contributed by atoms with E-state index in [1.54, 1.807) is 12.0 Å². The molecule has 1 amide bonds. The summed E-state index contributed by atoms with van der Waals surface area (Å²) in [6.07, 6.45) is 6.74. The molecule has 10 heteroatoms. The zero-order chi connectivity index (χ0) is 31.2. The molecule has 0 aliphatic carbocycles. The number of allylic oxidation sites excluding steroid dienone is 1. The van der Waals surface area contributed by atoms with Crippen molar-refractivity contribution < 1.29 is 9.53 Å². The molecule has 232 valence electrons. The summed E-state index contributed by atoms with van der Waals surface area (Å²) in [6, 6.07) is 22.8. The van der Waals surface area contributed by atoms with Crippen molar-refractivity contribution in [2.75, 3.05) is 32.1 Å². The number of amidine groups is 2. The predicted molar refractivity (Wildman–Crippen MR) is 179 cm³/mol. The van der Waals surface area contributed by atoms with E-state index in [1.165, 1.54) is 0 Å². The fourth-order valence-electron chi connectivity index (χ4n) is 6.08. The van der Waals surface area contributed by atoms with Crippen molar-refractivity contribution >= 4 is 34.2 Å². The number of para-hydroxylation sites is 2. The van der Waals surface area contributed by atoms with Crippen LogP contribution in [0.5, 0.6) is 5.75 Å². The van der Waals surface area contributed by atoms with Gasteiger partial charge in [-0.3, -0.25) is 15.6 Å². The van der Waals surface area contributed by atoms with Crippen molar-refractivity contribution in [3.63, 3.8) is 0 Å². The average molecular weight is 605 g/mol. The normalized spacial score (nSPS) is 18.0. The number of methoxy groups -OCH3 is 1. The molecule has 10 nitrogen and oxygen atoms in total. The number of carbonyl (C=O) groups is 1. The van der Waals surface area contributed by atoms with E-state index in [4.69, 9.17) is 4.74 Å². The third-order valence-electron chi connectivity index (χ3n) is 8.56. The van der Waals surface area contributed by atoms with Gasteiger partial charge in [0.15, 0.2) is 0 Å². The monoisotopic (exact) mass is 604 g/mol. The van der Waals surface area contributed by atoms with Crippen LogP contribution < -0.4 is 26.0 Å². The van der Waals surface area contributed by atoms with Crippen LogP contribution in [0.25, 0.3) is 10.9 Å². The molecule has 0 bridgehead atoms. The highest BCUT2D eigenvalue weighted by Gasteiger charge is 2.31. The molecule has 1 fully saturated rings. The van der Waals surface area contributed by atoms with Gasteiger partial charge in [-0.15, -0.1) is 0 Å². The number of carbonyl (C=O) groups excluding carboxylic acids is 1. The van der Waals surface area contributed by atoms with E-state index >= 15 is 0 Å². The number of rotatable bonds is 10. The summed E-state index contributed by atoms with van der Waals surface area (Å²) in [4.78, 5) is 18.6. The van der Waals surface area contributed by atoms with Crippen LogP contribution in [0.15, 0.2) is 91.3 Å². The van der Waals surface area contributed by atoms with Gasteiger partial charge in [0.2, 0.25) is 5.91 Å². The lowest BCUT2D eigenvalue weighted by Crippen LogP contribution is -2.59. The molecule has 4 aromatic rings. The van der Waals surface area contributed by atoms with Gasteiger partial charge in [-0.2, -0.15) is 0 Å². The molecule has 2 aliphatic rings. The standard InChI is InChI=1S/C35H40N8O2/c1-45-26-12-10-23(11-13-26)22-43(33(36)19-24-14-15-39-29-8-4-2-6-27(24)29)34(37)31(42-35(44)32-21-38-16-17-40-32)18-25-20-41-30-9-5-3-7-28(25)30/h2-15,20,24,31-32,36-41H,16-19,21-22H2,1H3,(H,42,44)/t24?,31-,32?/m1/s1. The molecule has 2 aliphatic heterocycles. The molecule has 0 radical (unpaired) electrons.